The Morgan fingerprint density at radius 2 is 1.22 bits per heavy atom. The maximum atomic E-state index is 10.6. The van der Waals surface area contributed by atoms with Gasteiger partial charge in [0.1, 0.15) is 12.6 Å². The molecule has 0 aliphatic heterocycles. The highest BCUT2D eigenvalue weighted by molar-refractivity contribution is 5.66. The molecule has 0 amide bonds. The zero-order chi connectivity index (χ0) is 20.4. The molecule has 0 saturated carbocycles. The Morgan fingerprint density at radius 1 is 0.778 bits per heavy atom. The molecular weight excluding hydrogens is 338 g/mol. The van der Waals surface area contributed by atoms with E-state index in [-0.39, 0.29) is 12.5 Å². The lowest BCUT2D eigenvalue weighted by Crippen LogP contribution is -2.46. The standard InChI is InChI=1S/C23H47NO3/c1-4-5-6-7-8-9-10-11-12-13-14-15-16-18-22(25)21-24(2,3)20-17-19-23(26)27/h22,25H,4-21H2,1-3H3/p+1. The van der Waals surface area contributed by atoms with Crippen LogP contribution in [-0.2, 0) is 4.79 Å². The van der Waals surface area contributed by atoms with Crippen molar-refractivity contribution in [2.75, 3.05) is 27.2 Å². The quantitative estimate of drug-likeness (QED) is 0.206. The van der Waals surface area contributed by atoms with Gasteiger partial charge >= 0.3 is 5.97 Å². The average Bonchev–Trinajstić information content (AvgIpc) is 2.58. The summed E-state index contributed by atoms with van der Waals surface area (Å²) in [6, 6.07) is 0. The Labute approximate surface area is 168 Å². The lowest BCUT2D eigenvalue weighted by Gasteiger charge is -2.31. The summed E-state index contributed by atoms with van der Waals surface area (Å²) in [6.45, 7) is 3.80. The summed E-state index contributed by atoms with van der Waals surface area (Å²) in [7, 11) is 4.16. The van der Waals surface area contributed by atoms with E-state index in [1.54, 1.807) is 0 Å². The van der Waals surface area contributed by atoms with E-state index in [4.69, 9.17) is 5.11 Å². The molecule has 1 unspecified atom stereocenters. The number of aliphatic hydroxyl groups is 1. The van der Waals surface area contributed by atoms with Gasteiger partial charge in [-0.05, 0) is 6.42 Å². The molecule has 0 aromatic rings. The minimum atomic E-state index is -0.734. The van der Waals surface area contributed by atoms with Crippen molar-refractivity contribution < 1.29 is 19.5 Å². The molecule has 0 bridgehead atoms. The molecule has 0 aliphatic rings. The van der Waals surface area contributed by atoms with Crippen molar-refractivity contribution in [1.29, 1.82) is 0 Å². The second-order valence-corrected chi connectivity index (χ2v) is 9.02. The van der Waals surface area contributed by atoms with Gasteiger partial charge in [0.25, 0.3) is 0 Å². The molecule has 0 aromatic carbocycles. The van der Waals surface area contributed by atoms with Gasteiger partial charge in [-0.25, -0.2) is 0 Å². The number of carboxylic acids is 1. The van der Waals surface area contributed by atoms with E-state index in [0.717, 1.165) is 25.9 Å². The van der Waals surface area contributed by atoms with Crippen LogP contribution in [0, 0.1) is 0 Å². The minimum absolute atomic E-state index is 0.219. The van der Waals surface area contributed by atoms with Crippen LogP contribution in [0.5, 0.6) is 0 Å². The van der Waals surface area contributed by atoms with Crippen molar-refractivity contribution in [2.24, 2.45) is 0 Å². The number of carboxylic acid groups (broad SMARTS) is 1. The van der Waals surface area contributed by atoms with Gasteiger partial charge in [0.05, 0.1) is 27.1 Å². The van der Waals surface area contributed by atoms with Crippen molar-refractivity contribution in [1.82, 2.24) is 0 Å². The molecule has 0 aromatic heterocycles. The van der Waals surface area contributed by atoms with Crippen molar-refractivity contribution in [3.8, 4) is 0 Å². The highest BCUT2D eigenvalue weighted by Gasteiger charge is 2.20. The Balaban J connectivity index is 3.42. The molecule has 4 heteroatoms. The van der Waals surface area contributed by atoms with Gasteiger partial charge in [0.15, 0.2) is 0 Å². The number of aliphatic carboxylic acids is 1. The van der Waals surface area contributed by atoms with Gasteiger partial charge in [0, 0.05) is 6.42 Å². The summed E-state index contributed by atoms with van der Waals surface area (Å²) in [4.78, 5) is 10.6. The molecule has 1 atom stereocenters. The monoisotopic (exact) mass is 386 g/mol. The molecule has 0 saturated heterocycles. The fraction of sp³-hybridized carbons (Fsp3) is 0.957. The zero-order valence-electron chi connectivity index (χ0n) is 18.6. The number of likely N-dealkylation sites (N-methyl/N-ethyl adjacent to an activating group) is 1. The SMILES string of the molecule is CCCCCCCCCCCCCCCC(O)C[N+](C)(C)CCCC(=O)O. The maximum absolute atomic E-state index is 10.6. The van der Waals surface area contributed by atoms with Crippen molar-refractivity contribution in [3.63, 3.8) is 0 Å². The number of unbranched alkanes of at least 4 members (excludes halogenated alkanes) is 12. The van der Waals surface area contributed by atoms with E-state index in [9.17, 15) is 9.90 Å². The number of nitrogens with zero attached hydrogens (tertiary/aromatic N) is 1. The number of quaternary nitrogens is 1. The van der Waals surface area contributed by atoms with Gasteiger partial charge in [-0.15, -0.1) is 0 Å². The van der Waals surface area contributed by atoms with Gasteiger partial charge in [-0.2, -0.15) is 0 Å². The maximum Gasteiger partial charge on any atom is 0.303 e. The van der Waals surface area contributed by atoms with Gasteiger partial charge < -0.3 is 14.7 Å². The summed E-state index contributed by atoms with van der Waals surface area (Å²) < 4.78 is 0.701. The number of rotatable bonds is 20. The number of carbonyl (C=O) groups is 1. The first-order valence-electron chi connectivity index (χ1n) is 11.6. The van der Waals surface area contributed by atoms with E-state index < -0.39 is 5.97 Å². The Hall–Kier alpha value is -0.610. The van der Waals surface area contributed by atoms with Crippen LogP contribution in [0.1, 0.15) is 110 Å². The Morgan fingerprint density at radius 3 is 1.67 bits per heavy atom. The molecular formula is C23H48NO3+. The summed E-state index contributed by atoms with van der Waals surface area (Å²) in [6.07, 6.45) is 19.0. The van der Waals surface area contributed by atoms with E-state index in [1.807, 2.05) is 0 Å². The lowest BCUT2D eigenvalue weighted by molar-refractivity contribution is -0.893. The van der Waals surface area contributed by atoms with Crippen LogP contribution < -0.4 is 0 Å². The van der Waals surface area contributed by atoms with Gasteiger partial charge in [-0.1, -0.05) is 90.4 Å². The average molecular weight is 387 g/mol. The summed E-state index contributed by atoms with van der Waals surface area (Å²) in [5.74, 6) is -0.734. The van der Waals surface area contributed by atoms with Crippen LogP contribution in [-0.4, -0.2) is 54.0 Å². The highest BCUT2D eigenvalue weighted by Crippen LogP contribution is 2.14. The number of hydrogen-bond donors (Lipinski definition) is 2. The summed E-state index contributed by atoms with van der Waals surface area (Å²) >= 11 is 0. The molecule has 2 N–H and O–H groups in total. The van der Waals surface area contributed by atoms with Crippen LogP contribution in [0.3, 0.4) is 0 Å². The van der Waals surface area contributed by atoms with Crippen LogP contribution in [0.4, 0.5) is 0 Å². The zero-order valence-corrected chi connectivity index (χ0v) is 18.6. The number of hydrogen-bond acceptors (Lipinski definition) is 2. The van der Waals surface area contributed by atoms with E-state index in [1.165, 1.54) is 77.0 Å². The van der Waals surface area contributed by atoms with Crippen LogP contribution in [0.15, 0.2) is 0 Å². The second-order valence-electron chi connectivity index (χ2n) is 9.02. The van der Waals surface area contributed by atoms with Crippen LogP contribution >= 0.6 is 0 Å². The fourth-order valence-electron chi connectivity index (χ4n) is 3.81. The lowest BCUT2D eigenvalue weighted by atomic mass is 10.0. The van der Waals surface area contributed by atoms with Crippen molar-refractivity contribution in [3.05, 3.63) is 0 Å². The third-order valence-corrected chi connectivity index (χ3v) is 5.50. The molecule has 27 heavy (non-hydrogen) atoms. The smallest absolute Gasteiger partial charge is 0.303 e. The molecule has 0 aliphatic carbocycles. The summed E-state index contributed by atoms with van der Waals surface area (Å²) in [5.41, 5.74) is 0. The van der Waals surface area contributed by atoms with Crippen molar-refractivity contribution >= 4 is 5.97 Å². The predicted octanol–water partition coefficient (Wildman–Crippen LogP) is 5.77. The number of aliphatic hydroxyl groups excluding tert-OH is 1. The third-order valence-electron chi connectivity index (χ3n) is 5.50. The van der Waals surface area contributed by atoms with E-state index >= 15 is 0 Å². The van der Waals surface area contributed by atoms with Crippen LogP contribution in [0.25, 0.3) is 0 Å². The molecule has 0 fully saturated rings. The van der Waals surface area contributed by atoms with Gasteiger partial charge in [-0.3, -0.25) is 4.79 Å². The highest BCUT2D eigenvalue weighted by atomic mass is 16.4. The Kier molecular flexibility index (Phi) is 17.1. The Bertz CT molecular complexity index is 345. The largest absolute Gasteiger partial charge is 0.481 e. The first-order valence-corrected chi connectivity index (χ1v) is 11.6. The molecule has 4 nitrogen and oxygen atoms in total. The molecule has 0 radical (unpaired) electrons. The van der Waals surface area contributed by atoms with Crippen LogP contribution in [0.2, 0.25) is 0 Å². The third kappa shape index (κ3) is 19.9. The molecule has 0 heterocycles. The minimum Gasteiger partial charge on any atom is -0.481 e. The first-order chi connectivity index (χ1) is 12.9. The molecule has 0 rings (SSSR count). The summed E-state index contributed by atoms with van der Waals surface area (Å²) in [5, 5.41) is 19.0. The molecule has 162 valence electrons. The predicted molar refractivity (Wildman–Crippen MR) is 115 cm³/mol. The molecule has 0 spiro atoms. The normalized spacial score (nSPS) is 13.0. The first kappa shape index (κ1) is 26.4. The van der Waals surface area contributed by atoms with Crippen molar-refractivity contribution in [2.45, 2.75) is 116 Å². The van der Waals surface area contributed by atoms with Gasteiger partial charge in [0.2, 0.25) is 0 Å². The van der Waals surface area contributed by atoms with E-state index in [0.29, 0.717) is 10.9 Å². The second kappa shape index (κ2) is 17.5. The fourth-order valence-corrected chi connectivity index (χ4v) is 3.81. The van der Waals surface area contributed by atoms with E-state index in [2.05, 4.69) is 21.0 Å². The topological polar surface area (TPSA) is 57.5 Å².